The molecule has 1 aromatic carbocycles. The van der Waals surface area contributed by atoms with Gasteiger partial charge in [-0.1, -0.05) is 23.4 Å². The summed E-state index contributed by atoms with van der Waals surface area (Å²) < 4.78 is 31.2. The van der Waals surface area contributed by atoms with Crippen LogP contribution in [0.25, 0.3) is 0 Å². The molecule has 0 radical (unpaired) electrons. The predicted octanol–water partition coefficient (Wildman–Crippen LogP) is 0.576. The first-order valence-electron chi connectivity index (χ1n) is 6.69. The highest BCUT2D eigenvalue weighted by atomic mass is 32.2. The van der Waals surface area contributed by atoms with Crippen molar-refractivity contribution in [1.29, 1.82) is 0 Å². The van der Waals surface area contributed by atoms with Crippen molar-refractivity contribution in [1.82, 2.24) is 19.3 Å². The topological polar surface area (TPSA) is 79.5 Å². The van der Waals surface area contributed by atoms with Crippen LogP contribution in [-0.2, 0) is 16.6 Å². The van der Waals surface area contributed by atoms with Gasteiger partial charge in [-0.05, 0) is 12.1 Å². The largest absolute Gasteiger partial charge is 0.343 e. The normalized spacial score (nSPS) is 17.9. The van der Waals surface area contributed by atoms with Crippen LogP contribution in [0.5, 0.6) is 0 Å². The quantitative estimate of drug-likeness (QED) is 0.822. The van der Waals surface area contributed by atoms with Gasteiger partial charge in [0.25, 0.3) is 0 Å². The first-order chi connectivity index (χ1) is 10.2. The summed E-state index contributed by atoms with van der Waals surface area (Å²) in [5.74, 6) is 0.620. The number of benzene rings is 1. The number of piperazine rings is 1. The Morgan fingerprint density at radius 1 is 1.10 bits per heavy atom. The van der Waals surface area contributed by atoms with Crippen molar-refractivity contribution in [3.63, 3.8) is 0 Å². The molecule has 2 aromatic rings. The standard InChI is InChI=1S/C13H16N4O3S/c18-21(19,12-4-2-1-3-5-12)17-8-6-16(7-9-17)10-13-14-11-20-15-13/h1-5,11H,6-10H2. The Kier molecular flexibility index (Phi) is 4.00. The Balaban J connectivity index is 1.63. The minimum absolute atomic E-state index is 0.344. The van der Waals surface area contributed by atoms with Crippen molar-refractivity contribution in [3.8, 4) is 0 Å². The van der Waals surface area contributed by atoms with Crippen molar-refractivity contribution in [2.75, 3.05) is 26.2 Å². The lowest BCUT2D eigenvalue weighted by Crippen LogP contribution is -2.48. The van der Waals surface area contributed by atoms with Gasteiger partial charge < -0.3 is 4.52 Å². The molecule has 21 heavy (non-hydrogen) atoms. The molecule has 8 heteroatoms. The number of hydrogen-bond acceptors (Lipinski definition) is 6. The molecule has 3 rings (SSSR count). The average Bonchev–Trinajstić information content (AvgIpc) is 3.02. The Labute approximate surface area is 123 Å². The van der Waals surface area contributed by atoms with Gasteiger partial charge in [0.15, 0.2) is 5.82 Å². The fourth-order valence-corrected chi connectivity index (χ4v) is 3.77. The van der Waals surface area contributed by atoms with E-state index in [1.807, 2.05) is 6.07 Å². The summed E-state index contributed by atoms with van der Waals surface area (Å²) in [7, 11) is -3.39. The van der Waals surface area contributed by atoms with Crippen LogP contribution >= 0.6 is 0 Å². The van der Waals surface area contributed by atoms with Crippen molar-refractivity contribution in [2.45, 2.75) is 11.4 Å². The predicted molar refractivity (Wildman–Crippen MR) is 74.8 cm³/mol. The highest BCUT2D eigenvalue weighted by Gasteiger charge is 2.28. The number of aromatic nitrogens is 2. The van der Waals surface area contributed by atoms with Gasteiger partial charge in [0.2, 0.25) is 16.4 Å². The van der Waals surface area contributed by atoms with Crippen LogP contribution < -0.4 is 0 Å². The highest BCUT2D eigenvalue weighted by molar-refractivity contribution is 7.89. The van der Waals surface area contributed by atoms with Crippen LogP contribution in [0.3, 0.4) is 0 Å². The van der Waals surface area contributed by atoms with Crippen LogP contribution in [0.1, 0.15) is 5.82 Å². The van der Waals surface area contributed by atoms with E-state index in [-0.39, 0.29) is 0 Å². The fourth-order valence-electron chi connectivity index (χ4n) is 2.33. The summed E-state index contributed by atoms with van der Waals surface area (Å²) in [6.45, 7) is 2.82. The molecule has 0 unspecified atom stereocenters. The third-order valence-corrected chi connectivity index (χ3v) is 5.40. The third-order valence-electron chi connectivity index (χ3n) is 3.48. The molecule has 2 heterocycles. The zero-order valence-electron chi connectivity index (χ0n) is 11.4. The first-order valence-corrected chi connectivity index (χ1v) is 8.13. The molecular weight excluding hydrogens is 292 g/mol. The van der Waals surface area contributed by atoms with Crippen molar-refractivity contribution in [3.05, 3.63) is 42.5 Å². The van der Waals surface area contributed by atoms with Crippen LogP contribution in [0.4, 0.5) is 0 Å². The van der Waals surface area contributed by atoms with Crippen LogP contribution in [0.2, 0.25) is 0 Å². The Morgan fingerprint density at radius 2 is 1.81 bits per heavy atom. The number of hydrogen-bond donors (Lipinski definition) is 0. The van der Waals surface area contributed by atoms with E-state index in [1.54, 1.807) is 24.3 Å². The van der Waals surface area contributed by atoms with Gasteiger partial charge in [0, 0.05) is 26.2 Å². The molecule has 0 N–H and O–H groups in total. The second-order valence-electron chi connectivity index (χ2n) is 4.84. The van der Waals surface area contributed by atoms with Gasteiger partial charge in [-0.25, -0.2) is 8.42 Å². The summed E-state index contributed by atoms with van der Waals surface area (Å²) in [6, 6.07) is 8.53. The molecule has 1 aliphatic rings. The molecular formula is C13H16N4O3S. The van der Waals surface area contributed by atoms with Gasteiger partial charge in [-0.2, -0.15) is 9.29 Å². The molecule has 0 aliphatic carbocycles. The molecule has 1 aliphatic heterocycles. The number of nitrogens with zero attached hydrogens (tertiary/aromatic N) is 4. The number of rotatable bonds is 4. The lowest BCUT2D eigenvalue weighted by Gasteiger charge is -2.33. The van der Waals surface area contributed by atoms with E-state index in [9.17, 15) is 8.42 Å². The summed E-state index contributed by atoms with van der Waals surface area (Å²) in [5, 5.41) is 3.77. The first kappa shape index (κ1) is 14.2. The maximum absolute atomic E-state index is 12.5. The van der Waals surface area contributed by atoms with E-state index < -0.39 is 10.0 Å². The average molecular weight is 308 g/mol. The molecule has 1 aromatic heterocycles. The van der Waals surface area contributed by atoms with Crippen molar-refractivity contribution < 1.29 is 12.9 Å². The SMILES string of the molecule is O=S(=O)(c1ccccc1)N1CCN(Cc2ncon2)CC1. The lowest BCUT2D eigenvalue weighted by atomic mass is 10.3. The molecule has 112 valence electrons. The Bertz CT molecular complexity index is 665. The molecule has 0 amide bonds. The zero-order valence-corrected chi connectivity index (χ0v) is 12.2. The molecule has 0 saturated carbocycles. The van der Waals surface area contributed by atoms with Crippen LogP contribution in [-0.4, -0.2) is 53.9 Å². The molecule has 0 bridgehead atoms. The fraction of sp³-hybridized carbons (Fsp3) is 0.385. The Morgan fingerprint density at radius 3 is 2.43 bits per heavy atom. The van der Waals surface area contributed by atoms with E-state index in [1.165, 1.54) is 10.7 Å². The van der Waals surface area contributed by atoms with E-state index in [2.05, 4.69) is 15.0 Å². The zero-order chi connectivity index (χ0) is 14.7. The van der Waals surface area contributed by atoms with Crippen molar-refractivity contribution >= 4 is 10.0 Å². The van der Waals surface area contributed by atoms with E-state index in [4.69, 9.17) is 4.52 Å². The molecule has 1 saturated heterocycles. The summed E-state index contributed by atoms with van der Waals surface area (Å²) in [5.41, 5.74) is 0. The van der Waals surface area contributed by atoms with E-state index in [0.717, 1.165) is 0 Å². The monoisotopic (exact) mass is 308 g/mol. The van der Waals surface area contributed by atoms with Gasteiger partial charge in [-0.3, -0.25) is 4.90 Å². The minimum atomic E-state index is -3.39. The second kappa shape index (κ2) is 5.92. The number of sulfonamides is 1. The summed E-state index contributed by atoms with van der Waals surface area (Å²) in [4.78, 5) is 6.43. The van der Waals surface area contributed by atoms with Crippen molar-refractivity contribution in [2.24, 2.45) is 0 Å². The Hall–Kier alpha value is -1.77. The lowest BCUT2D eigenvalue weighted by molar-refractivity contribution is 0.176. The maximum Gasteiger partial charge on any atom is 0.243 e. The van der Waals surface area contributed by atoms with Crippen LogP contribution in [0.15, 0.2) is 46.1 Å². The van der Waals surface area contributed by atoms with E-state index >= 15 is 0 Å². The molecule has 0 spiro atoms. The van der Waals surface area contributed by atoms with Gasteiger partial charge in [-0.15, -0.1) is 0 Å². The highest BCUT2D eigenvalue weighted by Crippen LogP contribution is 2.17. The van der Waals surface area contributed by atoms with E-state index in [0.29, 0.717) is 43.4 Å². The summed E-state index contributed by atoms with van der Waals surface area (Å²) in [6.07, 6.45) is 1.30. The maximum atomic E-state index is 12.5. The smallest absolute Gasteiger partial charge is 0.243 e. The minimum Gasteiger partial charge on any atom is -0.343 e. The molecule has 7 nitrogen and oxygen atoms in total. The van der Waals surface area contributed by atoms with Gasteiger partial charge in [0.1, 0.15) is 0 Å². The van der Waals surface area contributed by atoms with Gasteiger partial charge >= 0.3 is 0 Å². The van der Waals surface area contributed by atoms with Gasteiger partial charge in [0.05, 0.1) is 11.4 Å². The summed E-state index contributed by atoms with van der Waals surface area (Å²) >= 11 is 0. The molecule has 1 fully saturated rings. The second-order valence-corrected chi connectivity index (χ2v) is 6.78. The molecule has 0 atom stereocenters. The third kappa shape index (κ3) is 3.12. The van der Waals surface area contributed by atoms with Crippen LogP contribution in [0, 0.1) is 0 Å².